The minimum Gasteiger partial charge on any atom is -0.439 e. The van der Waals surface area contributed by atoms with Crippen molar-refractivity contribution >= 4 is 5.69 Å². The van der Waals surface area contributed by atoms with E-state index in [0.29, 0.717) is 5.88 Å². The van der Waals surface area contributed by atoms with Gasteiger partial charge in [-0.15, -0.1) is 0 Å². The predicted molar refractivity (Wildman–Crippen MR) is 63.3 cm³/mol. The molecule has 1 aromatic carbocycles. The van der Waals surface area contributed by atoms with Crippen molar-refractivity contribution < 1.29 is 4.74 Å². The Balaban J connectivity index is 2.11. The lowest BCUT2D eigenvalue weighted by molar-refractivity contribution is 0.463. The van der Waals surface area contributed by atoms with E-state index in [1.54, 1.807) is 18.3 Å². The number of anilines is 1. The molecular weight excluding hydrogens is 202 g/mol. The number of aryl methyl sites for hydroxylation is 1. The van der Waals surface area contributed by atoms with Crippen molar-refractivity contribution in [1.82, 2.24) is 4.98 Å². The Bertz CT molecular complexity index is 451. The quantitative estimate of drug-likeness (QED) is 0.610. The van der Waals surface area contributed by atoms with Crippen molar-refractivity contribution in [2.24, 2.45) is 5.84 Å². The van der Waals surface area contributed by atoms with E-state index in [1.165, 1.54) is 5.56 Å². The molecule has 0 radical (unpaired) electrons. The second-order valence-corrected chi connectivity index (χ2v) is 3.44. The Morgan fingerprint density at radius 2 is 1.88 bits per heavy atom. The summed E-state index contributed by atoms with van der Waals surface area (Å²) >= 11 is 0. The van der Waals surface area contributed by atoms with Gasteiger partial charge in [-0.25, -0.2) is 4.98 Å². The maximum atomic E-state index is 5.55. The number of hydrogen-bond acceptors (Lipinski definition) is 4. The van der Waals surface area contributed by atoms with Crippen molar-refractivity contribution in [2.75, 3.05) is 5.43 Å². The Labute approximate surface area is 94.0 Å². The second kappa shape index (κ2) is 4.63. The lowest BCUT2D eigenvalue weighted by Gasteiger charge is -2.05. The molecule has 1 heterocycles. The van der Waals surface area contributed by atoms with Crippen molar-refractivity contribution in [1.29, 1.82) is 0 Å². The van der Waals surface area contributed by atoms with Crippen LogP contribution in [0, 0.1) is 6.92 Å². The van der Waals surface area contributed by atoms with Crippen LogP contribution in [0.5, 0.6) is 11.6 Å². The highest BCUT2D eigenvalue weighted by molar-refractivity contribution is 5.41. The molecule has 1 aromatic heterocycles. The van der Waals surface area contributed by atoms with Gasteiger partial charge >= 0.3 is 0 Å². The zero-order chi connectivity index (χ0) is 11.4. The molecular formula is C12H13N3O. The maximum absolute atomic E-state index is 5.55. The lowest BCUT2D eigenvalue weighted by Crippen LogP contribution is -2.06. The highest BCUT2D eigenvalue weighted by atomic mass is 16.5. The molecule has 0 aliphatic carbocycles. The first-order valence-electron chi connectivity index (χ1n) is 4.95. The molecule has 0 spiro atoms. The van der Waals surface area contributed by atoms with Gasteiger partial charge in [0.25, 0.3) is 0 Å². The molecule has 0 fully saturated rings. The smallest absolute Gasteiger partial charge is 0.219 e. The van der Waals surface area contributed by atoms with E-state index in [9.17, 15) is 0 Å². The fourth-order valence-corrected chi connectivity index (χ4v) is 1.25. The molecule has 0 unspecified atom stereocenters. The van der Waals surface area contributed by atoms with Crippen LogP contribution in [0.25, 0.3) is 0 Å². The minimum absolute atomic E-state index is 0.544. The van der Waals surface area contributed by atoms with Gasteiger partial charge in [0, 0.05) is 6.07 Å². The average molecular weight is 215 g/mol. The molecule has 4 nitrogen and oxygen atoms in total. The van der Waals surface area contributed by atoms with Crippen LogP contribution in [-0.2, 0) is 0 Å². The predicted octanol–water partition coefficient (Wildman–Crippen LogP) is 2.47. The highest BCUT2D eigenvalue weighted by Crippen LogP contribution is 2.20. The SMILES string of the molecule is Cc1ccc(Oc2ccc(NN)cn2)cc1. The number of aromatic nitrogens is 1. The molecule has 3 N–H and O–H groups in total. The van der Waals surface area contributed by atoms with Crippen molar-refractivity contribution in [3.8, 4) is 11.6 Å². The van der Waals surface area contributed by atoms with Gasteiger partial charge in [-0.2, -0.15) is 0 Å². The first-order valence-corrected chi connectivity index (χ1v) is 4.95. The number of nitrogen functional groups attached to an aromatic ring is 1. The number of hydrogen-bond donors (Lipinski definition) is 2. The molecule has 0 aliphatic rings. The van der Waals surface area contributed by atoms with Gasteiger partial charge in [-0.05, 0) is 25.1 Å². The van der Waals surface area contributed by atoms with Crippen LogP contribution in [0.2, 0.25) is 0 Å². The monoisotopic (exact) mass is 215 g/mol. The Hall–Kier alpha value is -2.07. The lowest BCUT2D eigenvalue weighted by atomic mass is 10.2. The fourth-order valence-electron chi connectivity index (χ4n) is 1.25. The van der Waals surface area contributed by atoms with Gasteiger partial charge in [-0.3, -0.25) is 5.84 Å². The van der Waals surface area contributed by atoms with Gasteiger partial charge in [0.1, 0.15) is 5.75 Å². The third-order valence-electron chi connectivity index (χ3n) is 2.15. The van der Waals surface area contributed by atoms with E-state index >= 15 is 0 Å². The van der Waals surface area contributed by atoms with Gasteiger partial charge in [0.15, 0.2) is 0 Å². The molecule has 4 heteroatoms. The number of nitrogens with one attached hydrogen (secondary N) is 1. The average Bonchev–Trinajstić information content (AvgIpc) is 2.33. The van der Waals surface area contributed by atoms with Crippen LogP contribution in [0.4, 0.5) is 5.69 Å². The van der Waals surface area contributed by atoms with Crippen LogP contribution in [0.15, 0.2) is 42.6 Å². The number of hydrazine groups is 1. The molecule has 82 valence electrons. The number of benzene rings is 1. The summed E-state index contributed by atoms with van der Waals surface area (Å²) in [5.41, 5.74) is 4.45. The largest absolute Gasteiger partial charge is 0.439 e. The first-order chi connectivity index (χ1) is 7.78. The van der Waals surface area contributed by atoms with Gasteiger partial charge in [0.2, 0.25) is 5.88 Å². The standard InChI is InChI=1S/C12H13N3O/c1-9-2-5-11(6-3-9)16-12-7-4-10(15-13)8-14-12/h2-8,15H,13H2,1H3. The summed E-state index contributed by atoms with van der Waals surface area (Å²) in [6, 6.07) is 11.4. The third-order valence-corrected chi connectivity index (χ3v) is 2.15. The Kier molecular flexibility index (Phi) is 3.03. The van der Waals surface area contributed by atoms with E-state index < -0.39 is 0 Å². The van der Waals surface area contributed by atoms with Gasteiger partial charge in [-0.1, -0.05) is 17.7 Å². The fraction of sp³-hybridized carbons (Fsp3) is 0.0833. The van der Waals surface area contributed by atoms with Gasteiger partial charge < -0.3 is 10.2 Å². The van der Waals surface area contributed by atoms with Crippen LogP contribution in [-0.4, -0.2) is 4.98 Å². The summed E-state index contributed by atoms with van der Waals surface area (Å²) in [5.74, 6) is 6.55. The second-order valence-electron chi connectivity index (χ2n) is 3.44. The summed E-state index contributed by atoms with van der Waals surface area (Å²) in [7, 11) is 0. The number of pyridine rings is 1. The molecule has 0 bridgehead atoms. The highest BCUT2D eigenvalue weighted by Gasteiger charge is 1.98. The topological polar surface area (TPSA) is 60.2 Å². The van der Waals surface area contributed by atoms with E-state index in [0.717, 1.165) is 11.4 Å². The first kappa shape index (κ1) is 10.4. The van der Waals surface area contributed by atoms with Crippen LogP contribution < -0.4 is 16.0 Å². The molecule has 0 saturated carbocycles. The molecule has 0 amide bonds. The van der Waals surface area contributed by atoms with E-state index in [2.05, 4.69) is 10.4 Å². The summed E-state index contributed by atoms with van der Waals surface area (Å²) in [6.45, 7) is 2.03. The normalized spacial score (nSPS) is 9.88. The number of nitrogens with zero attached hydrogens (tertiary/aromatic N) is 1. The molecule has 0 aliphatic heterocycles. The zero-order valence-corrected chi connectivity index (χ0v) is 8.97. The summed E-state index contributed by atoms with van der Waals surface area (Å²) in [5, 5.41) is 0. The zero-order valence-electron chi connectivity index (χ0n) is 8.97. The molecule has 2 rings (SSSR count). The van der Waals surface area contributed by atoms with Gasteiger partial charge in [0.05, 0.1) is 11.9 Å². The number of rotatable bonds is 3. The number of nitrogens with two attached hydrogens (primary N) is 1. The van der Waals surface area contributed by atoms with Crippen molar-refractivity contribution in [2.45, 2.75) is 6.92 Å². The molecule has 2 aromatic rings. The van der Waals surface area contributed by atoms with Crippen LogP contribution >= 0.6 is 0 Å². The van der Waals surface area contributed by atoms with E-state index in [4.69, 9.17) is 10.6 Å². The molecule has 0 saturated heterocycles. The van der Waals surface area contributed by atoms with E-state index in [1.807, 2.05) is 31.2 Å². The summed E-state index contributed by atoms with van der Waals surface area (Å²) in [4.78, 5) is 4.10. The summed E-state index contributed by atoms with van der Waals surface area (Å²) < 4.78 is 5.55. The Morgan fingerprint density at radius 1 is 1.12 bits per heavy atom. The minimum atomic E-state index is 0.544. The van der Waals surface area contributed by atoms with Crippen LogP contribution in [0.1, 0.15) is 5.56 Å². The third kappa shape index (κ3) is 2.49. The number of ether oxygens (including phenoxy) is 1. The molecule has 0 atom stereocenters. The molecule has 16 heavy (non-hydrogen) atoms. The van der Waals surface area contributed by atoms with Crippen LogP contribution in [0.3, 0.4) is 0 Å². The summed E-state index contributed by atoms with van der Waals surface area (Å²) in [6.07, 6.45) is 1.61. The van der Waals surface area contributed by atoms with Crippen molar-refractivity contribution in [3.63, 3.8) is 0 Å². The van der Waals surface area contributed by atoms with Crippen molar-refractivity contribution in [3.05, 3.63) is 48.2 Å². The van der Waals surface area contributed by atoms with E-state index in [-0.39, 0.29) is 0 Å². The Morgan fingerprint density at radius 3 is 2.44 bits per heavy atom. The maximum Gasteiger partial charge on any atom is 0.219 e.